The molecule has 1 atom stereocenters. The van der Waals surface area contributed by atoms with Gasteiger partial charge in [0.2, 0.25) is 0 Å². The van der Waals surface area contributed by atoms with Crippen LogP contribution >= 0.6 is 0 Å². The number of nitrogens with zero attached hydrogens (tertiary/aromatic N) is 1. The lowest BCUT2D eigenvalue weighted by Crippen LogP contribution is -2.39. The van der Waals surface area contributed by atoms with Gasteiger partial charge in [0.15, 0.2) is 0 Å². The smallest absolute Gasteiger partial charge is 0.317 e. The summed E-state index contributed by atoms with van der Waals surface area (Å²) >= 11 is 0. The molecular weight excluding hydrogens is 218 g/mol. The number of carboxylic acid groups (broad SMARTS) is 1. The second kappa shape index (κ2) is 5.36. The second-order valence-corrected chi connectivity index (χ2v) is 4.70. The molecule has 1 aliphatic carbocycles. The first-order valence-electron chi connectivity index (χ1n) is 6.19. The van der Waals surface area contributed by atoms with Gasteiger partial charge in [-0.25, -0.2) is 0 Å². The molecule has 0 radical (unpaired) electrons. The standard InChI is InChI=1S/C13H19NO3/c1-10(12-7-4-8-17-12)14(9-13(15)16)11-5-2-3-6-11/h4,7-8,10-11H,2-3,5-6,9H2,1H3,(H,15,16). The molecule has 0 bridgehead atoms. The highest BCUT2D eigenvalue weighted by Crippen LogP contribution is 2.30. The van der Waals surface area contributed by atoms with Crippen molar-refractivity contribution in [2.24, 2.45) is 0 Å². The van der Waals surface area contributed by atoms with Gasteiger partial charge in [0.05, 0.1) is 18.8 Å². The highest BCUT2D eigenvalue weighted by molar-refractivity contribution is 5.69. The van der Waals surface area contributed by atoms with Gasteiger partial charge in [0, 0.05) is 6.04 Å². The van der Waals surface area contributed by atoms with Crippen LogP contribution in [-0.4, -0.2) is 28.6 Å². The maximum atomic E-state index is 11.0. The quantitative estimate of drug-likeness (QED) is 0.855. The van der Waals surface area contributed by atoms with Gasteiger partial charge in [-0.15, -0.1) is 0 Å². The fraction of sp³-hybridized carbons (Fsp3) is 0.615. The molecule has 1 heterocycles. The Morgan fingerprint density at radius 2 is 2.29 bits per heavy atom. The summed E-state index contributed by atoms with van der Waals surface area (Å²) in [6, 6.07) is 4.17. The third-order valence-corrected chi connectivity index (χ3v) is 3.56. The summed E-state index contributed by atoms with van der Waals surface area (Å²) in [5.41, 5.74) is 0. The van der Waals surface area contributed by atoms with E-state index in [-0.39, 0.29) is 12.6 Å². The van der Waals surface area contributed by atoms with Crippen LogP contribution in [0.2, 0.25) is 0 Å². The molecular formula is C13H19NO3. The van der Waals surface area contributed by atoms with Crippen LogP contribution in [0.1, 0.15) is 44.4 Å². The molecule has 94 valence electrons. The van der Waals surface area contributed by atoms with E-state index in [9.17, 15) is 4.79 Å². The van der Waals surface area contributed by atoms with Crippen molar-refractivity contribution >= 4 is 5.97 Å². The largest absolute Gasteiger partial charge is 0.480 e. The van der Waals surface area contributed by atoms with E-state index in [1.54, 1.807) is 6.26 Å². The van der Waals surface area contributed by atoms with E-state index in [1.807, 2.05) is 24.0 Å². The van der Waals surface area contributed by atoms with Crippen molar-refractivity contribution in [1.29, 1.82) is 0 Å². The van der Waals surface area contributed by atoms with Crippen molar-refractivity contribution in [2.45, 2.75) is 44.7 Å². The summed E-state index contributed by atoms with van der Waals surface area (Å²) < 4.78 is 5.38. The van der Waals surface area contributed by atoms with Crippen LogP contribution in [0.4, 0.5) is 0 Å². The molecule has 0 spiro atoms. The van der Waals surface area contributed by atoms with Crippen LogP contribution in [-0.2, 0) is 4.79 Å². The number of carbonyl (C=O) groups is 1. The van der Waals surface area contributed by atoms with Gasteiger partial charge in [0.25, 0.3) is 0 Å². The minimum Gasteiger partial charge on any atom is -0.480 e. The fourth-order valence-corrected chi connectivity index (χ4v) is 2.67. The predicted octanol–water partition coefficient (Wildman–Crippen LogP) is 2.67. The van der Waals surface area contributed by atoms with Crippen LogP contribution in [0.3, 0.4) is 0 Å². The lowest BCUT2D eigenvalue weighted by molar-refractivity contribution is -0.139. The Morgan fingerprint density at radius 3 is 2.82 bits per heavy atom. The van der Waals surface area contributed by atoms with Crippen molar-refractivity contribution < 1.29 is 14.3 Å². The topological polar surface area (TPSA) is 53.7 Å². The zero-order valence-electron chi connectivity index (χ0n) is 10.1. The summed E-state index contributed by atoms with van der Waals surface area (Å²) in [5, 5.41) is 9.02. The van der Waals surface area contributed by atoms with E-state index < -0.39 is 5.97 Å². The Hall–Kier alpha value is -1.29. The Morgan fingerprint density at radius 1 is 1.59 bits per heavy atom. The normalized spacial score (nSPS) is 18.7. The molecule has 0 saturated heterocycles. The Kier molecular flexibility index (Phi) is 3.84. The average molecular weight is 237 g/mol. The maximum Gasteiger partial charge on any atom is 0.317 e. The highest BCUT2D eigenvalue weighted by atomic mass is 16.4. The fourth-order valence-electron chi connectivity index (χ4n) is 2.67. The van der Waals surface area contributed by atoms with E-state index in [4.69, 9.17) is 9.52 Å². The van der Waals surface area contributed by atoms with Gasteiger partial charge < -0.3 is 9.52 Å². The van der Waals surface area contributed by atoms with Crippen LogP contribution in [0.25, 0.3) is 0 Å². The minimum absolute atomic E-state index is 0.0317. The number of aliphatic carboxylic acids is 1. The van der Waals surface area contributed by atoms with Gasteiger partial charge in [-0.05, 0) is 31.9 Å². The number of hydrogen-bond donors (Lipinski definition) is 1. The predicted molar refractivity (Wildman–Crippen MR) is 63.7 cm³/mol. The molecule has 0 aromatic carbocycles. The van der Waals surface area contributed by atoms with Crippen LogP contribution in [0.5, 0.6) is 0 Å². The van der Waals surface area contributed by atoms with E-state index in [0.717, 1.165) is 18.6 Å². The summed E-state index contributed by atoms with van der Waals surface area (Å²) in [7, 11) is 0. The molecule has 4 heteroatoms. The van der Waals surface area contributed by atoms with Crippen molar-refractivity contribution in [3.63, 3.8) is 0 Å². The van der Waals surface area contributed by atoms with Gasteiger partial charge in [0.1, 0.15) is 5.76 Å². The SMILES string of the molecule is CC(c1ccco1)N(CC(=O)O)C1CCCC1. The first kappa shape index (κ1) is 12.2. The minimum atomic E-state index is -0.768. The molecule has 1 fully saturated rings. The van der Waals surface area contributed by atoms with Gasteiger partial charge in [-0.3, -0.25) is 9.69 Å². The summed E-state index contributed by atoms with van der Waals surface area (Å²) in [5.74, 6) is 0.0773. The molecule has 17 heavy (non-hydrogen) atoms. The van der Waals surface area contributed by atoms with Crippen molar-refractivity contribution in [1.82, 2.24) is 4.90 Å². The molecule has 1 aliphatic rings. The lowest BCUT2D eigenvalue weighted by Gasteiger charge is -2.31. The molecule has 1 N–H and O–H groups in total. The van der Waals surface area contributed by atoms with Crippen LogP contribution in [0, 0.1) is 0 Å². The van der Waals surface area contributed by atoms with E-state index >= 15 is 0 Å². The number of furan rings is 1. The third-order valence-electron chi connectivity index (χ3n) is 3.56. The lowest BCUT2D eigenvalue weighted by atomic mass is 10.1. The summed E-state index contributed by atoms with van der Waals surface area (Å²) in [6.07, 6.45) is 6.23. The van der Waals surface area contributed by atoms with Crippen molar-refractivity contribution in [2.75, 3.05) is 6.54 Å². The molecule has 1 aromatic rings. The second-order valence-electron chi connectivity index (χ2n) is 4.70. The van der Waals surface area contributed by atoms with Crippen LogP contribution in [0.15, 0.2) is 22.8 Å². The average Bonchev–Trinajstić information content (AvgIpc) is 2.96. The Balaban J connectivity index is 2.11. The van der Waals surface area contributed by atoms with Gasteiger partial charge in [-0.1, -0.05) is 12.8 Å². The third kappa shape index (κ3) is 2.88. The molecule has 1 aromatic heterocycles. The molecule has 1 unspecified atom stereocenters. The monoisotopic (exact) mass is 237 g/mol. The molecule has 1 saturated carbocycles. The maximum absolute atomic E-state index is 11.0. The van der Waals surface area contributed by atoms with Crippen molar-refractivity contribution in [3.05, 3.63) is 24.2 Å². The molecule has 4 nitrogen and oxygen atoms in total. The van der Waals surface area contributed by atoms with Gasteiger partial charge in [-0.2, -0.15) is 0 Å². The Labute approximate surface area is 101 Å². The van der Waals surface area contributed by atoms with Crippen molar-refractivity contribution in [3.8, 4) is 0 Å². The Bertz CT molecular complexity index is 355. The van der Waals surface area contributed by atoms with Gasteiger partial charge >= 0.3 is 5.97 Å². The first-order valence-corrected chi connectivity index (χ1v) is 6.19. The highest BCUT2D eigenvalue weighted by Gasteiger charge is 2.29. The summed E-state index contributed by atoms with van der Waals surface area (Å²) in [6.45, 7) is 2.10. The molecule has 0 amide bonds. The van der Waals surface area contributed by atoms with E-state index in [0.29, 0.717) is 6.04 Å². The number of hydrogen-bond acceptors (Lipinski definition) is 3. The number of carboxylic acids is 1. The van der Waals surface area contributed by atoms with E-state index in [2.05, 4.69) is 0 Å². The first-order chi connectivity index (χ1) is 8.18. The zero-order valence-corrected chi connectivity index (χ0v) is 10.1. The zero-order chi connectivity index (χ0) is 12.3. The molecule has 0 aliphatic heterocycles. The van der Waals surface area contributed by atoms with Crippen LogP contribution < -0.4 is 0 Å². The summed E-state index contributed by atoms with van der Waals surface area (Å²) in [4.78, 5) is 13.0. The van der Waals surface area contributed by atoms with E-state index in [1.165, 1.54) is 12.8 Å². The number of rotatable bonds is 5. The molecule has 2 rings (SSSR count).